The Hall–Kier alpha value is -1.16. The minimum Gasteiger partial charge on any atom is -0.396 e. The summed E-state index contributed by atoms with van der Waals surface area (Å²) in [5, 5.41) is 18.1. The van der Waals surface area contributed by atoms with Gasteiger partial charge in [-0.1, -0.05) is 42.5 Å². The van der Waals surface area contributed by atoms with Gasteiger partial charge in [0, 0.05) is 6.61 Å². The lowest BCUT2D eigenvalue weighted by Crippen LogP contribution is -2.14. The van der Waals surface area contributed by atoms with Crippen molar-refractivity contribution in [3.63, 3.8) is 0 Å². The Balaban J connectivity index is 2.10. The SMILES string of the molecule is OCC/C=C\CC(O)COCc1ccccc1. The smallest absolute Gasteiger partial charge is 0.0808 e. The van der Waals surface area contributed by atoms with Crippen LogP contribution in [0.2, 0.25) is 0 Å². The fourth-order valence-corrected chi connectivity index (χ4v) is 1.40. The minimum absolute atomic E-state index is 0.150. The van der Waals surface area contributed by atoms with E-state index < -0.39 is 6.10 Å². The molecule has 0 aromatic heterocycles. The molecule has 1 aromatic carbocycles. The Labute approximate surface area is 102 Å². The normalized spacial score (nSPS) is 13.1. The second kappa shape index (κ2) is 8.93. The first kappa shape index (κ1) is 13.9. The molecule has 0 bridgehead atoms. The van der Waals surface area contributed by atoms with Gasteiger partial charge in [-0.25, -0.2) is 0 Å². The highest BCUT2D eigenvalue weighted by molar-refractivity contribution is 5.13. The number of hydrogen-bond donors (Lipinski definition) is 2. The maximum absolute atomic E-state index is 9.59. The van der Waals surface area contributed by atoms with Crippen molar-refractivity contribution in [2.75, 3.05) is 13.2 Å². The first-order chi connectivity index (χ1) is 8.33. The van der Waals surface area contributed by atoms with E-state index in [1.165, 1.54) is 0 Å². The largest absolute Gasteiger partial charge is 0.396 e. The molecule has 94 valence electrons. The van der Waals surface area contributed by atoms with Gasteiger partial charge in [0.05, 0.1) is 19.3 Å². The fourth-order valence-electron chi connectivity index (χ4n) is 1.40. The Bertz CT molecular complexity index is 309. The fraction of sp³-hybridized carbons (Fsp3) is 0.429. The summed E-state index contributed by atoms with van der Waals surface area (Å²) in [6.45, 7) is 1.01. The lowest BCUT2D eigenvalue weighted by atomic mass is 10.2. The second-order valence-electron chi connectivity index (χ2n) is 3.87. The minimum atomic E-state index is -0.478. The van der Waals surface area contributed by atoms with Crippen LogP contribution >= 0.6 is 0 Å². The van der Waals surface area contributed by atoms with Crippen LogP contribution in [0.25, 0.3) is 0 Å². The zero-order chi connectivity index (χ0) is 12.3. The molecule has 0 spiro atoms. The first-order valence-electron chi connectivity index (χ1n) is 5.88. The molecule has 3 nitrogen and oxygen atoms in total. The Morgan fingerprint density at radius 3 is 2.65 bits per heavy atom. The standard InChI is InChI=1S/C14H20O3/c15-10-6-2-5-9-14(16)12-17-11-13-7-3-1-4-8-13/h1-5,7-8,14-16H,6,9-12H2/b5-2-. The van der Waals surface area contributed by atoms with E-state index in [-0.39, 0.29) is 6.61 Å². The van der Waals surface area contributed by atoms with Crippen LogP contribution in [0, 0.1) is 0 Å². The monoisotopic (exact) mass is 236 g/mol. The van der Waals surface area contributed by atoms with Crippen molar-refractivity contribution < 1.29 is 14.9 Å². The Kier molecular flexibility index (Phi) is 7.30. The average Bonchev–Trinajstić information content (AvgIpc) is 2.36. The molecule has 1 aromatic rings. The molecule has 0 aliphatic rings. The van der Waals surface area contributed by atoms with Crippen LogP contribution in [0.5, 0.6) is 0 Å². The van der Waals surface area contributed by atoms with Crippen LogP contribution in [-0.4, -0.2) is 29.5 Å². The highest BCUT2D eigenvalue weighted by Gasteiger charge is 2.01. The summed E-state index contributed by atoms with van der Waals surface area (Å²) < 4.78 is 5.41. The third kappa shape index (κ3) is 6.89. The molecular formula is C14H20O3. The molecule has 0 fully saturated rings. The highest BCUT2D eigenvalue weighted by Crippen LogP contribution is 2.02. The quantitative estimate of drug-likeness (QED) is 0.678. The lowest BCUT2D eigenvalue weighted by Gasteiger charge is -2.09. The predicted octanol–water partition coefficient (Wildman–Crippen LogP) is 1.89. The van der Waals surface area contributed by atoms with E-state index in [1.807, 2.05) is 42.5 Å². The van der Waals surface area contributed by atoms with Gasteiger partial charge < -0.3 is 14.9 Å². The summed E-state index contributed by atoms with van der Waals surface area (Å²) in [5.41, 5.74) is 1.11. The predicted molar refractivity (Wildman–Crippen MR) is 67.6 cm³/mol. The summed E-state index contributed by atoms with van der Waals surface area (Å²) in [6.07, 6.45) is 4.45. The van der Waals surface area contributed by atoms with E-state index in [2.05, 4.69) is 0 Å². The van der Waals surface area contributed by atoms with E-state index in [4.69, 9.17) is 9.84 Å². The van der Waals surface area contributed by atoms with E-state index in [1.54, 1.807) is 0 Å². The van der Waals surface area contributed by atoms with E-state index in [0.29, 0.717) is 26.1 Å². The molecule has 0 radical (unpaired) electrons. The van der Waals surface area contributed by atoms with Crippen LogP contribution in [0.3, 0.4) is 0 Å². The zero-order valence-electron chi connectivity index (χ0n) is 9.96. The van der Waals surface area contributed by atoms with Gasteiger partial charge in [0.15, 0.2) is 0 Å². The van der Waals surface area contributed by atoms with Gasteiger partial charge in [-0.2, -0.15) is 0 Å². The van der Waals surface area contributed by atoms with Gasteiger partial charge in [0.2, 0.25) is 0 Å². The Morgan fingerprint density at radius 2 is 1.94 bits per heavy atom. The van der Waals surface area contributed by atoms with Crippen molar-refractivity contribution in [3.05, 3.63) is 48.0 Å². The molecule has 1 unspecified atom stereocenters. The molecular weight excluding hydrogens is 216 g/mol. The molecule has 0 aliphatic carbocycles. The molecule has 0 amide bonds. The van der Waals surface area contributed by atoms with Crippen molar-refractivity contribution >= 4 is 0 Å². The summed E-state index contributed by atoms with van der Waals surface area (Å²) >= 11 is 0. The number of hydrogen-bond acceptors (Lipinski definition) is 3. The maximum atomic E-state index is 9.59. The molecule has 0 saturated carbocycles. The topological polar surface area (TPSA) is 49.7 Å². The van der Waals surface area contributed by atoms with Crippen LogP contribution in [-0.2, 0) is 11.3 Å². The zero-order valence-corrected chi connectivity index (χ0v) is 9.96. The van der Waals surface area contributed by atoms with Gasteiger partial charge in [-0.3, -0.25) is 0 Å². The van der Waals surface area contributed by atoms with Crippen molar-refractivity contribution in [2.24, 2.45) is 0 Å². The number of benzene rings is 1. The van der Waals surface area contributed by atoms with Crippen molar-refractivity contribution in [1.82, 2.24) is 0 Å². The third-order valence-electron chi connectivity index (χ3n) is 2.29. The van der Waals surface area contributed by atoms with E-state index in [9.17, 15) is 5.11 Å². The third-order valence-corrected chi connectivity index (χ3v) is 2.29. The number of aliphatic hydroxyl groups excluding tert-OH is 2. The van der Waals surface area contributed by atoms with Crippen LogP contribution in [0.4, 0.5) is 0 Å². The molecule has 2 N–H and O–H groups in total. The molecule has 0 heterocycles. The molecule has 1 rings (SSSR count). The van der Waals surface area contributed by atoms with E-state index >= 15 is 0 Å². The van der Waals surface area contributed by atoms with Gasteiger partial charge in [-0.05, 0) is 18.4 Å². The summed E-state index contributed by atoms with van der Waals surface area (Å²) in [4.78, 5) is 0. The summed E-state index contributed by atoms with van der Waals surface area (Å²) in [6, 6.07) is 9.88. The van der Waals surface area contributed by atoms with Crippen LogP contribution < -0.4 is 0 Å². The van der Waals surface area contributed by atoms with Crippen LogP contribution in [0.1, 0.15) is 18.4 Å². The number of rotatable bonds is 8. The molecule has 1 atom stereocenters. The average molecular weight is 236 g/mol. The maximum Gasteiger partial charge on any atom is 0.0808 e. The first-order valence-corrected chi connectivity index (χ1v) is 5.88. The number of aliphatic hydroxyl groups is 2. The van der Waals surface area contributed by atoms with E-state index in [0.717, 1.165) is 5.56 Å². The molecule has 0 saturated heterocycles. The summed E-state index contributed by atoms with van der Waals surface area (Å²) in [5.74, 6) is 0. The van der Waals surface area contributed by atoms with Crippen molar-refractivity contribution in [3.8, 4) is 0 Å². The molecule has 0 aliphatic heterocycles. The lowest BCUT2D eigenvalue weighted by molar-refractivity contribution is 0.0301. The van der Waals surface area contributed by atoms with Gasteiger partial charge >= 0.3 is 0 Å². The van der Waals surface area contributed by atoms with Crippen molar-refractivity contribution in [2.45, 2.75) is 25.6 Å². The molecule has 17 heavy (non-hydrogen) atoms. The van der Waals surface area contributed by atoms with Gasteiger partial charge in [-0.15, -0.1) is 0 Å². The number of ether oxygens (including phenoxy) is 1. The van der Waals surface area contributed by atoms with Crippen LogP contribution in [0.15, 0.2) is 42.5 Å². The van der Waals surface area contributed by atoms with Crippen molar-refractivity contribution in [1.29, 1.82) is 0 Å². The molecule has 3 heteroatoms. The van der Waals surface area contributed by atoms with Gasteiger partial charge in [0.25, 0.3) is 0 Å². The summed E-state index contributed by atoms with van der Waals surface area (Å²) in [7, 11) is 0. The Morgan fingerprint density at radius 1 is 1.18 bits per heavy atom. The second-order valence-corrected chi connectivity index (χ2v) is 3.87. The van der Waals surface area contributed by atoms with Gasteiger partial charge in [0.1, 0.15) is 0 Å². The highest BCUT2D eigenvalue weighted by atomic mass is 16.5.